The Morgan fingerprint density at radius 3 is 2.71 bits per heavy atom. The lowest BCUT2D eigenvalue weighted by Gasteiger charge is -2.12. The Morgan fingerprint density at radius 1 is 1.47 bits per heavy atom. The number of carboxylic acid groups (broad SMARTS) is 1. The minimum atomic E-state index is -1.11. The number of aryl methyl sites for hydroxylation is 1. The van der Waals surface area contributed by atoms with Crippen LogP contribution in [0.25, 0.3) is 0 Å². The summed E-state index contributed by atoms with van der Waals surface area (Å²) >= 11 is 1.25. The standard InChI is InChI=1S/C12H20N2O2S/c1-4-5-7-14(3)8-6-10-13-9(2)11(17-10)12(15)16/h4-8H2,1-3H3,(H,15,16). The van der Waals surface area contributed by atoms with Gasteiger partial charge in [-0.1, -0.05) is 13.3 Å². The van der Waals surface area contributed by atoms with Crippen LogP contribution < -0.4 is 10.0 Å². The van der Waals surface area contributed by atoms with Crippen molar-refractivity contribution in [2.75, 3.05) is 20.1 Å². The van der Waals surface area contributed by atoms with E-state index in [4.69, 9.17) is 0 Å². The Hall–Kier alpha value is -0.940. The van der Waals surface area contributed by atoms with Gasteiger partial charge in [-0.25, -0.2) is 4.98 Å². The number of aromatic nitrogens is 1. The number of carbonyl (C=O) groups is 1. The molecule has 96 valence electrons. The molecule has 0 bridgehead atoms. The van der Waals surface area contributed by atoms with Gasteiger partial charge in [0.05, 0.1) is 41.7 Å². The molecule has 1 atom stereocenters. The van der Waals surface area contributed by atoms with E-state index in [0.29, 0.717) is 5.69 Å². The Labute approximate surface area is 106 Å². The predicted octanol–water partition coefficient (Wildman–Crippen LogP) is -0.328. The quantitative estimate of drug-likeness (QED) is 0.727. The van der Waals surface area contributed by atoms with Crippen LogP contribution >= 0.6 is 11.3 Å². The van der Waals surface area contributed by atoms with Crippen LogP contribution in [-0.4, -0.2) is 31.1 Å². The number of thiazole rings is 1. The molecule has 0 saturated heterocycles. The Balaban J connectivity index is 2.47. The van der Waals surface area contributed by atoms with Crippen LogP contribution in [0.2, 0.25) is 0 Å². The Kier molecular flexibility index (Phi) is 5.58. The highest BCUT2D eigenvalue weighted by Crippen LogP contribution is 2.16. The van der Waals surface area contributed by atoms with E-state index in [1.807, 2.05) is 0 Å². The molecule has 17 heavy (non-hydrogen) atoms. The van der Waals surface area contributed by atoms with Gasteiger partial charge in [0.2, 0.25) is 0 Å². The maximum atomic E-state index is 10.8. The summed E-state index contributed by atoms with van der Waals surface area (Å²) in [6.07, 6.45) is 3.28. The fraction of sp³-hybridized carbons (Fsp3) is 0.667. The van der Waals surface area contributed by atoms with Gasteiger partial charge in [-0.05, 0) is 13.3 Å². The van der Waals surface area contributed by atoms with Crippen LogP contribution in [0.15, 0.2) is 0 Å². The highest BCUT2D eigenvalue weighted by atomic mass is 32.1. The monoisotopic (exact) mass is 256 g/mol. The van der Waals surface area contributed by atoms with E-state index in [1.165, 1.54) is 29.1 Å². The van der Waals surface area contributed by atoms with Crippen molar-refractivity contribution in [1.29, 1.82) is 0 Å². The lowest BCUT2D eigenvalue weighted by Crippen LogP contribution is -3.09. The molecule has 0 aromatic carbocycles. The number of rotatable bonds is 7. The van der Waals surface area contributed by atoms with Crippen LogP contribution in [0.4, 0.5) is 0 Å². The normalized spacial score (nSPS) is 12.6. The molecule has 1 aromatic heterocycles. The summed E-state index contributed by atoms with van der Waals surface area (Å²) in [6, 6.07) is 0. The van der Waals surface area contributed by atoms with Crippen LogP contribution in [0.3, 0.4) is 0 Å². The summed E-state index contributed by atoms with van der Waals surface area (Å²) < 4.78 is 0. The molecule has 1 rings (SSSR count). The maximum Gasteiger partial charge on any atom is 0.0991 e. The molecule has 1 N–H and O–H groups in total. The fourth-order valence-corrected chi connectivity index (χ4v) is 2.57. The van der Waals surface area contributed by atoms with Crippen molar-refractivity contribution < 1.29 is 14.8 Å². The molecule has 0 spiro atoms. The number of carbonyl (C=O) groups excluding carboxylic acids is 1. The van der Waals surface area contributed by atoms with E-state index in [1.54, 1.807) is 6.92 Å². The van der Waals surface area contributed by atoms with E-state index in [0.717, 1.165) is 24.5 Å². The molecule has 4 nitrogen and oxygen atoms in total. The van der Waals surface area contributed by atoms with Gasteiger partial charge >= 0.3 is 0 Å². The number of nitrogens with one attached hydrogen (secondary N) is 1. The molecule has 0 fully saturated rings. The SMILES string of the molecule is CCCC[NH+](C)CCc1nc(C)c(C(=O)[O-])s1. The summed E-state index contributed by atoms with van der Waals surface area (Å²) in [5.41, 5.74) is 0.580. The zero-order valence-corrected chi connectivity index (χ0v) is 11.5. The van der Waals surface area contributed by atoms with Gasteiger partial charge in [0.25, 0.3) is 0 Å². The molecule has 1 heterocycles. The van der Waals surface area contributed by atoms with E-state index in [-0.39, 0.29) is 4.88 Å². The number of unbranched alkanes of at least 4 members (excludes halogenated alkanes) is 1. The van der Waals surface area contributed by atoms with Gasteiger partial charge in [-0.3, -0.25) is 0 Å². The summed E-state index contributed by atoms with van der Waals surface area (Å²) in [6.45, 7) is 6.07. The molecule has 1 unspecified atom stereocenters. The topological polar surface area (TPSA) is 57.5 Å². The van der Waals surface area contributed by atoms with Crippen LogP contribution in [0.5, 0.6) is 0 Å². The van der Waals surface area contributed by atoms with Crippen LogP contribution in [-0.2, 0) is 6.42 Å². The number of hydrogen-bond donors (Lipinski definition) is 1. The maximum absolute atomic E-state index is 10.8. The molecular weight excluding hydrogens is 236 g/mol. The highest BCUT2D eigenvalue weighted by molar-refractivity contribution is 7.13. The zero-order chi connectivity index (χ0) is 12.8. The van der Waals surface area contributed by atoms with Crippen molar-refractivity contribution in [2.45, 2.75) is 33.1 Å². The first-order chi connectivity index (χ1) is 8.04. The Bertz CT molecular complexity index is 377. The number of hydrogen-bond acceptors (Lipinski definition) is 4. The first-order valence-electron chi connectivity index (χ1n) is 6.03. The van der Waals surface area contributed by atoms with Crippen molar-refractivity contribution in [2.24, 2.45) is 0 Å². The van der Waals surface area contributed by atoms with Crippen molar-refractivity contribution in [1.82, 2.24) is 4.98 Å². The van der Waals surface area contributed by atoms with Crippen molar-refractivity contribution in [3.05, 3.63) is 15.6 Å². The summed E-state index contributed by atoms with van der Waals surface area (Å²) in [4.78, 5) is 16.8. The minimum Gasteiger partial charge on any atom is -0.544 e. The molecular formula is C12H20N2O2S. The molecule has 0 saturated carbocycles. The fourth-order valence-electron chi connectivity index (χ4n) is 1.67. The van der Waals surface area contributed by atoms with E-state index in [2.05, 4.69) is 19.0 Å². The molecule has 0 aliphatic rings. The lowest BCUT2D eigenvalue weighted by molar-refractivity contribution is -0.879. The van der Waals surface area contributed by atoms with Gasteiger partial charge < -0.3 is 14.8 Å². The number of carboxylic acids is 1. The Morgan fingerprint density at radius 2 is 2.18 bits per heavy atom. The first-order valence-corrected chi connectivity index (χ1v) is 6.85. The van der Waals surface area contributed by atoms with E-state index < -0.39 is 5.97 Å². The van der Waals surface area contributed by atoms with E-state index >= 15 is 0 Å². The minimum absolute atomic E-state index is 0.270. The summed E-state index contributed by atoms with van der Waals surface area (Å²) in [5, 5.41) is 11.7. The second-order valence-electron chi connectivity index (χ2n) is 4.37. The summed E-state index contributed by atoms with van der Waals surface area (Å²) in [7, 11) is 2.16. The molecule has 0 aliphatic heterocycles. The second kappa shape index (κ2) is 6.71. The molecule has 0 aliphatic carbocycles. The van der Waals surface area contributed by atoms with Gasteiger partial charge in [0, 0.05) is 6.42 Å². The van der Waals surface area contributed by atoms with Crippen molar-refractivity contribution >= 4 is 17.3 Å². The molecule has 1 aromatic rings. The van der Waals surface area contributed by atoms with Gasteiger partial charge in [0.1, 0.15) is 0 Å². The molecule has 0 amide bonds. The van der Waals surface area contributed by atoms with Gasteiger partial charge in [0.15, 0.2) is 0 Å². The van der Waals surface area contributed by atoms with Crippen LogP contribution in [0.1, 0.15) is 40.1 Å². The van der Waals surface area contributed by atoms with E-state index in [9.17, 15) is 9.90 Å². The number of aromatic carboxylic acids is 1. The molecule has 5 heteroatoms. The third-order valence-corrected chi connectivity index (χ3v) is 3.95. The van der Waals surface area contributed by atoms with Crippen molar-refractivity contribution in [3.8, 4) is 0 Å². The van der Waals surface area contributed by atoms with Gasteiger partial charge in [-0.2, -0.15) is 0 Å². The number of likely N-dealkylation sites (N-methyl/N-ethyl adjacent to an activating group) is 1. The third kappa shape index (κ3) is 4.44. The van der Waals surface area contributed by atoms with Crippen LogP contribution in [0, 0.1) is 6.92 Å². The van der Waals surface area contributed by atoms with Gasteiger partial charge in [-0.15, -0.1) is 11.3 Å². The lowest BCUT2D eigenvalue weighted by atomic mass is 10.3. The van der Waals surface area contributed by atoms with Crippen molar-refractivity contribution in [3.63, 3.8) is 0 Å². The zero-order valence-electron chi connectivity index (χ0n) is 10.7. The number of quaternary nitrogens is 1. The summed E-state index contributed by atoms with van der Waals surface area (Å²) in [5.74, 6) is -1.11. The average Bonchev–Trinajstić information content (AvgIpc) is 2.65. The average molecular weight is 256 g/mol. The third-order valence-electron chi connectivity index (χ3n) is 2.75. The predicted molar refractivity (Wildman–Crippen MR) is 66.4 cm³/mol. The first kappa shape index (κ1) is 14.1. The molecule has 0 radical (unpaired) electrons. The largest absolute Gasteiger partial charge is 0.544 e. The second-order valence-corrected chi connectivity index (χ2v) is 5.45. The number of nitrogens with zero attached hydrogens (tertiary/aromatic N) is 1. The highest BCUT2D eigenvalue weighted by Gasteiger charge is 2.10. The smallest absolute Gasteiger partial charge is 0.0991 e.